The second-order valence-electron chi connectivity index (χ2n) is 8.42. The number of halogens is 3. The molecule has 0 atom stereocenters. The molecule has 1 saturated carbocycles. The molecule has 7 nitrogen and oxygen atoms in total. The number of rotatable bonds is 6. The molecule has 0 radical (unpaired) electrons. The molecule has 1 fully saturated rings. The lowest BCUT2D eigenvalue weighted by atomic mass is 9.95. The van der Waals surface area contributed by atoms with Crippen LogP contribution in [0, 0.1) is 0 Å². The first kappa shape index (κ1) is 22.1. The Kier molecular flexibility index (Phi) is 6.04. The second-order valence-corrected chi connectivity index (χ2v) is 8.42. The Morgan fingerprint density at radius 2 is 1.79 bits per heavy atom. The van der Waals surface area contributed by atoms with E-state index in [1.807, 2.05) is 12.1 Å². The topological polar surface area (TPSA) is 80.6 Å². The number of aromatic nitrogens is 5. The number of anilines is 3. The lowest BCUT2D eigenvalue weighted by Crippen LogP contribution is -2.13. The van der Waals surface area contributed by atoms with E-state index in [4.69, 9.17) is 4.98 Å². The number of nitrogens with zero attached hydrogens (tertiary/aromatic N) is 5. The quantitative estimate of drug-likeness (QED) is 0.357. The maximum atomic E-state index is 13.1. The van der Waals surface area contributed by atoms with Gasteiger partial charge in [0.15, 0.2) is 17.0 Å². The normalized spacial score (nSPS) is 14.9. The second kappa shape index (κ2) is 9.28. The van der Waals surface area contributed by atoms with E-state index in [2.05, 4.69) is 30.2 Å². The monoisotopic (exact) mass is 467 g/mol. The van der Waals surface area contributed by atoms with Gasteiger partial charge in [-0.1, -0.05) is 31.4 Å². The van der Waals surface area contributed by atoms with Crippen molar-refractivity contribution in [2.24, 2.45) is 0 Å². The number of imidazole rings is 1. The van der Waals surface area contributed by atoms with Crippen molar-refractivity contribution in [3.8, 4) is 0 Å². The van der Waals surface area contributed by atoms with Gasteiger partial charge in [-0.2, -0.15) is 23.1 Å². The summed E-state index contributed by atoms with van der Waals surface area (Å²) in [5, 5.41) is 6.37. The molecule has 0 bridgehead atoms. The van der Waals surface area contributed by atoms with E-state index >= 15 is 0 Å². The van der Waals surface area contributed by atoms with Crippen LogP contribution < -0.4 is 10.6 Å². The van der Waals surface area contributed by atoms with Crippen LogP contribution in [0.25, 0.3) is 11.2 Å². The maximum absolute atomic E-state index is 13.1. The fourth-order valence-corrected chi connectivity index (χ4v) is 4.33. The van der Waals surface area contributed by atoms with Crippen LogP contribution >= 0.6 is 0 Å². The molecular formula is C24H24F3N7. The molecule has 5 rings (SSSR count). The first-order valence-corrected chi connectivity index (χ1v) is 11.3. The predicted octanol–water partition coefficient (Wildman–Crippen LogP) is 6.10. The third-order valence-corrected chi connectivity index (χ3v) is 6.04. The highest BCUT2D eigenvalue weighted by Gasteiger charge is 2.30. The molecule has 0 unspecified atom stereocenters. The van der Waals surface area contributed by atoms with Crippen LogP contribution in [0.5, 0.6) is 0 Å². The minimum Gasteiger partial charge on any atom is -0.364 e. The van der Waals surface area contributed by atoms with Crippen LogP contribution in [0.2, 0.25) is 0 Å². The van der Waals surface area contributed by atoms with Crippen molar-refractivity contribution < 1.29 is 13.2 Å². The van der Waals surface area contributed by atoms with Crippen LogP contribution in [0.15, 0.2) is 55.1 Å². The average Bonchev–Trinajstić information content (AvgIpc) is 3.27. The molecule has 0 spiro atoms. The van der Waals surface area contributed by atoms with Gasteiger partial charge in [0.05, 0.1) is 11.9 Å². The molecule has 3 heterocycles. The number of alkyl halides is 3. The molecule has 1 aliphatic carbocycles. The third-order valence-electron chi connectivity index (χ3n) is 6.04. The number of hydrogen-bond acceptors (Lipinski definition) is 6. The van der Waals surface area contributed by atoms with Gasteiger partial charge >= 0.3 is 6.18 Å². The van der Waals surface area contributed by atoms with Crippen LogP contribution in [0.4, 0.5) is 30.6 Å². The molecule has 34 heavy (non-hydrogen) atoms. The van der Waals surface area contributed by atoms with Crippen molar-refractivity contribution >= 4 is 28.6 Å². The zero-order chi connectivity index (χ0) is 23.5. The third kappa shape index (κ3) is 4.80. The van der Waals surface area contributed by atoms with Crippen molar-refractivity contribution in [2.45, 2.75) is 50.9 Å². The zero-order valence-electron chi connectivity index (χ0n) is 18.4. The first-order chi connectivity index (χ1) is 16.5. The minimum absolute atomic E-state index is 0.168. The Hall–Kier alpha value is -3.69. The smallest absolute Gasteiger partial charge is 0.364 e. The molecule has 176 valence electrons. The van der Waals surface area contributed by atoms with E-state index in [1.54, 1.807) is 24.8 Å². The Morgan fingerprint density at radius 1 is 1.00 bits per heavy atom. The molecular weight excluding hydrogens is 443 g/mol. The molecule has 1 aliphatic rings. The van der Waals surface area contributed by atoms with E-state index < -0.39 is 11.7 Å². The van der Waals surface area contributed by atoms with E-state index in [1.165, 1.54) is 12.5 Å². The van der Waals surface area contributed by atoms with E-state index in [0.29, 0.717) is 34.5 Å². The summed E-state index contributed by atoms with van der Waals surface area (Å²) >= 11 is 0. The maximum Gasteiger partial charge on any atom is 0.416 e. The highest BCUT2D eigenvalue weighted by Crippen LogP contribution is 2.33. The summed E-state index contributed by atoms with van der Waals surface area (Å²) in [6, 6.07) is 9.19. The highest BCUT2D eigenvalue weighted by molar-refractivity contribution is 5.84. The van der Waals surface area contributed by atoms with Gasteiger partial charge in [-0.25, -0.2) is 4.98 Å². The lowest BCUT2D eigenvalue weighted by Gasteiger charge is -2.23. The zero-order valence-corrected chi connectivity index (χ0v) is 18.4. The summed E-state index contributed by atoms with van der Waals surface area (Å²) < 4.78 is 41.4. The van der Waals surface area contributed by atoms with Crippen LogP contribution in [0.3, 0.4) is 0 Å². The van der Waals surface area contributed by atoms with Gasteiger partial charge in [0.1, 0.15) is 0 Å². The average molecular weight is 467 g/mol. The fraction of sp³-hybridized carbons (Fsp3) is 0.333. The number of benzene rings is 1. The molecule has 3 aromatic heterocycles. The molecule has 0 aliphatic heterocycles. The number of fused-ring (bicyclic) bond motifs is 1. The molecule has 0 amide bonds. The minimum atomic E-state index is -4.39. The van der Waals surface area contributed by atoms with Gasteiger partial charge in [-0.15, -0.1) is 0 Å². The Morgan fingerprint density at radius 3 is 2.56 bits per heavy atom. The first-order valence-electron chi connectivity index (χ1n) is 11.3. The van der Waals surface area contributed by atoms with Gasteiger partial charge < -0.3 is 15.2 Å². The largest absolute Gasteiger partial charge is 0.416 e. The van der Waals surface area contributed by atoms with Crippen molar-refractivity contribution in [3.05, 3.63) is 66.2 Å². The number of nitrogens with one attached hydrogen (secondary N) is 2. The van der Waals surface area contributed by atoms with Crippen LogP contribution in [-0.4, -0.2) is 24.5 Å². The van der Waals surface area contributed by atoms with Gasteiger partial charge in [-0.3, -0.25) is 4.98 Å². The van der Waals surface area contributed by atoms with Gasteiger partial charge in [-0.05, 0) is 42.7 Å². The Bertz CT molecular complexity index is 1260. The van der Waals surface area contributed by atoms with E-state index in [9.17, 15) is 13.2 Å². The summed E-state index contributed by atoms with van der Waals surface area (Å²) in [6.07, 6.45) is 6.43. The lowest BCUT2D eigenvalue weighted by molar-refractivity contribution is -0.137. The number of hydrogen-bond donors (Lipinski definition) is 2. The van der Waals surface area contributed by atoms with Crippen molar-refractivity contribution in [2.75, 3.05) is 10.6 Å². The molecule has 10 heteroatoms. The summed E-state index contributed by atoms with van der Waals surface area (Å²) in [7, 11) is 0. The van der Waals surface area contributed by atoms with Crippen molar-refractivity contribution in [1.82, 2.24) is 24.5 Å². The Labute approximate surface area is 194 Å². The Balaban J connectivity index is 1.48. The molecule has 0 saturated heterocycles. The highest BCUT2D eigenvalue weighted by atomic mass is 19.4. The van der Waals surface area contributed by atoms with Gasteiger partial charge in [0, 0.05) is 30.7 Å². The predicted molar refractivity (Wildman–Crippen MR) is 124 cm³/mol. The van der Waals surface area contributed by atoms with E-state index in [0.717, 1.165) is 43.5 Å². The standard InChI is InChI=1S/C24H24F3N7/c25-24(26,27)17-6-4-5-16(13-17)14-29-21-20-22(34(15-30-20)19-7-2-1-3-8-19)33-23(32-21)31-18-9-11-28-12-10-18/h4-6,9-13,15,19H,1-3,7-8,14H2,(H2,28,29,31,32,33). The summed E-state index contributed by atoms with van der Waals surface area (Å²) in [6.45, 7) is 0.168. The van der Waals surface area contributed by atoms with Crippen LogP contribution in [-0.2, 0) is 12.7 Å². The number of pyridine rings is 1. The van der Waals surface area contributed by atoms with Crippen molar-refractivity contribution in [1.29, 1.82) is 0 Å². The van der Waals surface area contributed by atoms with Crippen LogP contribution in [0.1, 0.15) is 49.3 Å². The summed E-state index contributed by atoms with van der Waals surface area (Å²) in [4.78, 5) is 17.9. The fourth-order valence-electron chi connectivity index (χ4n) is 4.33. The summed E-state index contributed by atoms with van der Waals surface area (Å²) in [5.41, 5.74) is 1.89. The van der Waals surface area contributed by atoms with Gasteiger partial charge in [0.2, 0.25) is 5.95 Å². The molecule has 2 N–H and O–H groups in total. The van der Waals surface area contributed by atoms with Gasteiger partial charge in [0.25, 0.3) is 0 Å². The summed E-state index contributed by atoms with van der Waals surface area (Å²) in [5.74, 6) is 0.844. The molecule has 4 aromatic rings. The van der Waals surface area contributed by atoms with Crippen molar-refractivity contribution in [3.63, 3.8) is 0 Å². The van der Waals surface area contributed by atoms with E-state index in [-0.39, 0.29) is 6.54 Å². The SMILES string of the molecule is FC(F)(F)c1cccc(CNc2nc(Nc3ccncc3)nc3c2ncn3C2CCCCC2)c1. The molecule has 1 aromatic carbocycles.